The highest BCUT2D eigenvalue weighted by Gasteiger charge is 2.26. The number of urea groups is 1. The molecule has 7 heteroatoms. The summed E-state index contributed by atoms with van der Waals surface area (Å²) in [5, 5.41) is 15.8. The number of fused-ring (bicyclic) bond motifs is 2. The Labute approximate surface area is 164 Å². The second kappa shape index (κ2) is 7.30. The number of hydrogen-bond acceptors (Lipinski definition) is 4. The van der Waals surface area contributed by atoms with E-state index < -0.39 is 0 Å². The first-order chi connectivity index (χ1) is 13.4. The third-order valence-electron chi connectivity index (χ3n) is 5.45. The van der Waals surface area contributed by atoms with E-state index in [1.54, 1.807) is 0 Å². The molecule has 3 heterocycles. The van der Waals surface area contributed by atoms with E-state index in [4.69, 9.17) is 4.42 Å². The normalized spacial score (nSPS) is 17.5. The molecule has 0 saturated carbocycles. The Morgan fingerprint density at radius 3 is 2.79 bits per heavy atom. The molecule has 7 nitrogen and oxygen atoms in total. The van der Waals surface area contributed by atoms with Gasteiger partial charge in [-0.25, -0.2) is 4.79 Å². The van der Waals surface area contributed by atoms with E-state index in [9.17, 15) is 4.79 Å². The molecular weight excluding hydrogens is 354 g/mol. The lowest BCUT2D eigenvalue weighted by Gasteiger charge is -2.26. The largest absolute Gasteiger partial charge is 0.459 e. The Morgan fingerprint density at radius 1 is 1.25 bits per heavy atom. The van der Waals surface area contributed by atoms with Crippen LogP contribution in [0.3, 0.4) is 0 Å². The van der Waals surface area contributed by atoms with E-state index in [2.05, 4.69) is 39.2 Å². The van der Waals surface area contributed by atoms with Crippen LogP contribution in [0.2, 0.25) is 0 Å². The van der Waals surface area contributed by atoms with Crippen molar-refractivity contribution in [2.24, 2.45) is 0 Å². The van der Waals surface area contributed by atoms with Crippen molar-refractivity contribution in [2.75, 3.05) is 0 Å². The summed E-state index contributed by atoms with van der Waals surface area (Å²) in [5.41, 5.74) is 1.91. The average Bonchev–Trinajstić information content (AvgIpc) is 3.23. The quantitative estimate of drug-likeness (QED) is 0.719. The van der Waals surface area contributed by atoms with Crippen molar-refractivity contribution < 1.29 is 9.21 Å². The van der Waals surface area contributed by atoms with Crippen molar-refractivity contribution in [1.29, 1.82) is 0 Å². The summed E-state index contributed by atoms with van der Waals surface area (Å²) in [5.74, 6) is 3.09. The molecule has 1 unspecified atom stereocenters. The number of amides is 2. The maximum atomic E-state index is 12.6. The summed E-state index contributed by atoms with van der Waals surface area (Å²) >= 11 is 0. The molecule has 1 aliphatic rings. The van der Waals surface area contributed by atoms with Gasteiger partial charge in [0, 0.05) is 35.9 Å². The van der Waals surface area contributed by atoms with Crippen molar-refractivity contribution >= 4 is 17.0 Å². The van der Waals surface area contributed by atoms with E-state index >= 15 is 0 Å². The van der Waals surface area contributed by atoms with Crippen LogP contribution in [0, 0.1) is 6.92 Å². The molecule has 2 atom stereocenters. The lowest BCUT2D eigenvalue weighted by Crippen LogP contribution is -2.46. The lowest BCUT2D eigenvalue weighted by molar-refractivity contribution is 0.228. The van der Waals surface area contributed by atoms with Crippen LogP contribution in [0.4, 0.5) is 4.79 Å². The molecule has 148 valence electrons. The van der Waals surface area contributed by atoms with E-state index in [-0.39, 0.29) is 18.1 Å². The number of carbonyl (C=O) groups is 1. The van der Waals surface area contributed by atoms with Gasteiger partial charge in [-0.2, -0.15) is 0 Å². The number of carbonyl (C=O) groups excluding carboxylic acids is 1. The first kappa shape index (κ1) is 18.5. The van der Waals surface area contributed by atoms with Crippen LogP contribution in [0.1, 0.15) is 62.1 Å². The molecule has 2 N–H and O–H groups in total. The van der Waals surface area contributed by atoms with E-state index in [0.29, 0.717) is 12.5 Å². The summed E-state index contributed by atoms with van der Waals surface area (Å²) in [6.07, 6.45) is 1.69. The molecule has 0 aliphatic carbocycles. The van der Waals surface area contributed by atoms with Gasteiger partial charge in [-0.3, -0.25) is 0 Å². The highest BCUT2D eigenvalue weighted by atomic mass is 16.3. The van der Waals surface area contributed by atoms with Crippen molar-refractivity contribution in [1.82, 2.24) is 25.4 Å². The van der Waals surface area contributed by atoms with Crippen LogP contribution >= 0.6 is 0 Å². The molecular formula is C21H27N5O2. The van der Waals surface area contributed by atoms with E-state index in [1.807, 2.05) is 38.1 Å². The minimum atomic E-state index is -0.215. The van der Waals surface area contributed by atoms with Gasteiger partial charge in [-0.15, -0.1) is 10.2 Å². The van der Waals surface area contributed by atoms with Gasteiger partial charge < -0.3 is 19.6 Å². The number of nitrogens with one attached hydrogen (secondary N) is 2. The van der Waals surface area contributed by atoms with Crippen LogP contribution in [0.5, 0.6) is 0 Å². The fourth-order valence-corrected chi connectivity index (χ4v) is 3.99. The molecule has 0 bridgehead atoms. The van der Waals surface area contributed by atoms with Gasteiger partial charge in [0.2, 0.25) is 0 Å². The molecule has 28 heavy (non-hydrogen) atoms. The van der Waals surface area contributed by atoms with Crippen LogP contribution in [-0.4, -0.2) is 26.8 Å². The summed E-state index contributed by atoms with van der Waals surface area (Å²) in [4.78, 5) is 12.6. The first-order valence-corrected chi connectivity index (χ1v) is 9.91. The Morgan fingerprint density at radius 2 is 2.04 bits per heavy atom. The first-order valence-electron chi connectivity index (χ1n) is 9.91. The zero-order valence-electron chi connectivity index (χ0n) is 16.8. The van der Waals surface area contributed by atoms with Gasteiger partial charge in [0.25, 0.3) is 0 Å². The number of furan rings is 1. The van der Waals surface area contributed by atoms with E-state index in [0.717, 1.165) is 46.8 Å². The number of hydrogen-bond donors (Lipinski definition) is 2. The Bertz CT molecular complexity index is 1000. The maximum Gasteiger partial charge on any atom is 0.315 e. The molecule has 1 aliphatic heterocycles. The fourth-order valence-electron chi connectivity index (χ4n) is 3.99. The summed E-state index contributed by atoms with van der Waals surface area (Å²) < 4.78 is 8.11. The Hall–Kier alpha value is -2.83. The zero-order valence-corrected chi connectivity index (χ0v) is 16.8. The van der Waals surface area contributed by atoms with Crippen molar-refractivity contribution in [3.63, 3.8) is 0 Å². The number of aromatic nitrogens is 3. The summed E-state index contributed by atoms with van der Waals surface area (Å²) in [7, 11) is 0. The van der Waals surface area contributed by atoms with Gasteiger partial charge in [0.1, 0.15) is 23.0 Å². The zero-order chi connectivity index (χ0) is 19.8. The molecule has 1 aromatic carbocycles. The minimum absolute atomic E-state index is 0.0602. The van der Waals surface area contributed by atoms with Crippen molar-refractivity contribution in [3.05, 3.63) is 47.2 Å². The Balaban J connectivity index is 1.41. The van der Waals surface area contributed by atoms with Crippen LogP contribution in [0.25, 0.3) is 11.0 Å². The highest BCUT2D eigenvalue weighted by molar-refractivity contribution is 5.82. The van der Waals surface area contributed by atoms with Gasteiger partial charge in [-0.1, -0.05) is 32.0 Å². The molecule has 2 aromatic heterocycles. The minimum Gasteiger partial charge on any atom is -0.459 e. The summed E-state index contributed by atoms with van der Waals surface area (Å²) in [6.45, 7) is 8.90. The predicted octanol–water partition coefficient (Wildman–Crippen LogP) is 3.83. The molecule has 3 aromatic rings. The molecule has 4 rings (SSSR count). The third kappa shape index (κ3) is 3.37. The standard InChI is InChI=1S/C21H27N5O2/c1-12(2)20-25-24-18-10-9-15(11-26(18)20)23-21(27)22-14(4)19-13(3)16-7-5-6-8-17(16)28-19/h5-8,12,14-15H,9-11H2,1-4H3,(H2,22,23,27)/t14-,15?/m1/s1. The fraction of sp³-hybridized carbons (Fsp3) is 0.476. The molecule has 0 radical (unpaired) electrons. The van der Waals surface area contributed by atoms with Crippen molar-refractivity contribution in [3.8, 4) is 0 Å². The third-order valence-corrected chi connectivity index (χ3v) is 5.45. The molecule has 2 amide bonds. The molecule has 0 fully saturated rings. The number of rotatable bonds is 4. The SMILES string of the molecule is Cc1c([C@@H](C)NC(=O)NC2CCc3nnc(C(C)C)n3C2)oc2ccccc12. The molecule has 0 saturated heterocycles. The van der Waals surface area contributed by atoms with E-state index in [1.165, 1.54) is 0 Å². The van der Waals surface area contributed by atoms with Gasteiger partial charge in [0.05, 0.1) is 6.04 Å². The Kier molecular flexibility index (Phi) is 4.83. The molecule has 0 spiro atoms. The van der Waals surface area contributed by atoms with Gasteiger partial charge in [0.15, 0.2) is 0 Å². The number of benzene rings is 1. The second-order valence-corrected chi connectivity index (χ2v) is 7.90. The van der Waals surface area contributed by atoms with Gasteiger partial charge >= 0.3 is 6.03 Å². The second-order valence-electron chi connectivity index (χ2n) is 7.90. The van der Waals surface area contributed by atoms with Crippen LogP contribution in [-0.2, 0) is 13.0 Å². The van der Waals surface area contributed by atoms with Crippen LogP contribution in [0.15, 0.2) is 28.7 Å². The van der Waals surface area contributed by atoms with Crippen molar-refractivity contribution in [2.45, 2.75) is 65.1 Å². The van der Waals surface area contributed by atoms with Crippen LogP contribution < -0.4 is 10.6 Å². The number of para-hydroxylation sites is 1. The summed E-state index contributed by atoms with van der Waals surface area (Å²) in [6, 6.07) is 7.59. The van der Waals surface area contributed by atoms with Gasteiger partial charge in [-0.05, 0) is 26.3 Å². The smallest absolute Gasteiger partial charge is 0.315 e. The number of aryl methyl sites for hydroxylation is 2. The average molecular weight is 381 g/mol. The maximum absolute atomic E-state index is 12.6. The number of nitrogens with zero attached hydrogens (tertiary/aromatic N) is 3. The highest BCUT2D eigenvalue weighted by Crippen LogP contribution is 2.29. The monoisotopic (exact) mass is 381 g/mol. The predicted molar refractivity (Wildman–Crippen MR) is 107 cm³/mol. The lowest BCUT2D eigenvalue weighted by atomic mass is 10.1. The topological polar surface area (TPSA) is 85.0 Å².